The Bertz CT molecular complexity index is 972. The van der Waals surface area contributed by atoms with Gasteiger partial charge in [0.15, 0.2) is 0 Å². The summed E-state index contributed by atoms with van der Waals surface area (Å²) >= 11 is 0. The van der Waals surface area contributed by atoms with E-state index in [-0.39, 0.29) is 26.3 Å². The number of hydrogen-bond acceptors (Lipinski definition) is 8. The number of amides is 2. The van der Waals surface area contributed by atoms with E-state index in [4.69, 9.17) is 19.3 Å². The van der Waals surface area contributed by atoms with Gasteiger partial charge in [-0.2, -0.15) is 4.94 Å². The number of aliphatic hydroxyl groups is 1. The van der Waals surface area contributed by atoms with Gasteiger partial charge in [-0.25, -0.2) is 14.6 Å². The van der Waals surface area contributed by atoms with Crippen molar-refractivity contribution in [3.63, 3.8) is 0 Å². The van der Waals surface area contributed by atoms with Crippen LogP contribution < -0.4 is 14.5 Å². The standard InChI is InChI=1S/C20H20FN3O7/c1-28-17-6-12(2-4-16(17)23-9-15(11-29-21)31-19(23)26)13-3-5-18(22-7-13)24-8-14(10-25)30-20(24)27/h2-7,14-15,25H,8-11H2,1H3. The van der Waals surface area contributed by atoms with Gasteiger partial charge in [-0.1, -0.05) is 6.07 Å². The number of anilines is 2. The molecule has 0 aliphatic carbocycles. The number of pyridine rings is 1. The second kappa shape index (κ2) is 8.74. The fourth-order valence-electron chi connectivity index (χ4n) is 3.48. The maximum Gasteiger partial charge on any atom is 0.416 e. The normalized spacial score (nSPS) is 20.7. The molecule has 1 N–H and O–H groups in total. The zero-order chi connectivity index (χ0) is 22.0. The summed E-state index contributed by atoms with van der Waals surface area (Å²) in [6, 6.07) is 8.69. The number of benzene rings is 1. The second-order valence-corrected chi connectivity index (χ2v) is 6.98. The summed E-state index contributed by atoms with van der Waals surface area (Å²) in [6.07, 6.45) is -0.847. The number of carbonyl (C=O) groups excluding carboxylic acids is 2. The van der Waals surface area contributed by atoms with Crippen molar-refractivity contribution in [2.24, 2.45) is 0 Å². The molecule has 2 amide bonds. The quantitative estimate of drug-likeness (QED) is 0.708. The van der Waals surface area contributed by atoms with Crippen molar-refractivity contribution in [3.05, 3.63) is 36.5 Å². The van der Waals surface area contributed by atoms with Crippen molar-refractivity contribution >= 4 is 23.7 Å². The Labute approximate surface area is 176 Å². The molecule has 4 rings (SSSR count). The number of aromatic nitrogens is 1. The van der Waals surface area contributed by atoms with Gasteiger partial charge in [0, 0.05) is 11.8 Å². The lowest BCUT2D eigenvalue weighted by atomic mass is 10.1. The average molecular weight is 433 g/mol. The van der Waals surface area contributed by atoms with Crippen LogP contribution in [-0.4, -0.2) is 67.9 Å². The van der Waals surface area contributed by atoms with Crippen molar-refractivity contribution in [1.82, 2.24) is 4.98 Å². The molecular formula is C20H20FN3O7. The average Bonchev–Trinajstić information content (AvgIpc) is 3.35. The van der Waals surface area contributed by atoms with E-state index in [1.54, 1.807) is 36.5 Å². The molecule has 11 heteroatoms. The third-order valence-electron chi connectivity index (χ3n) is 5.03. The van der Waals surface area contributed by atoms with Crippen LogP contribution in [0.15, 0.2) is 36.5 Å². The lowest BCUT2D eigenvalue weighted by Gasteiger charge is -2.18. The highest BCUT2D eigenvalue weighted by molar-refractivity contribution is 5.92. The number of nitrogens with zero attached hydrogens (tertiary/aromatic N) is 3. The van der Waals surface area contributed by atoms with Gasteiger partial charge in [0.05, 0.1) is 32.5 Å². The van der Waals surface area contributed by atoms with Gasteiger partial charge in [0.2, 0.25) is 0 Å². The smallest absolute Gasteiger partial charge is 0.416 e. The van der Waals surface area contributed by atoms with Gasteiger partial charge in [0.1, 0.15) is 30.4 Å². The number of hydrogen-bond donors (Lipinski definition) is 1. The van der Waals surface area contributed by atoms with Crippen molar-refractivity contribution in [3.8, 4) is 16.9 Å². The number of carbonyl (C=O) groups is 2. The molecule has 1 aromatic carbocycles. The topological polar surface area (TPSA) is 111 Å². The summed E-state index contributed by atoms with van der Waals surface area (Å²) in [5.74, 6) is 0.837. The maximum absolute atomic E-state index is 12.1. The molecule has 0 spiro atoms. The Balaban J connectivity index is 1.54. The summed E-state index contributed by atoms with van der Waals surface area (Å²) in [4.78, 5) is 34.6. The maximum atomic E-state index is 12.1. The van der Waals surface area contributed by atoms with Gasteiger partial charge in [-0.3, -0.25) is 9.80 Å². The van der Waals surface area contributed by atoms with Crippen LogP contribution in [0.4, 0.5) is 25.6 Å². The lowest BCUT2D eigenvalue weighted by Crippen LogP contribution is -2.26. The molecule has 0 saturated carbocycles. The third kappa shape index (κ3) is 4.09. The lowest BCUT2D eigenvalue weighted by molar-refractivity contribution is -0.152. The molecule has 2 saturated heterocycles. The second-order valence-electron chi connectivity index (χ2n) is 6.98. The van der Waals surface area contributed by atoms with E-state index in [1.807, 2.05) is 0 Å². The Hall–Kier alpha value is -3.44. The van der Waals surface area contributed by atoms with Crippen LogP contribution >= 0.6 is 0 Å². The van der Waals surface area contributed by atoms with E-state index in [0.717, 1.165) is 11.1 Å². The number of methoxy groups -OCH3 is 1. The van der Waals surface area contributed by atoms with Crippen LogP contribution in [0.3, 0.4) is 0 Å². The molecule has 2 fully saturated rings. The summed E-state index contributed by atoms with van der Waals surface area (Å²) in [6.45, 7) is -0.233. The highest BCUT2D eigenvalue weighted by atomic mass is 19.3. The van der Waals surface area contributed by atoms with Crippen LogP contribution in [0.5, 0.6) is 5.75 Å². The Morgan fingerprint density at radius 2 is 1.81 bits per heavy atom. The number of rotatable bonds is 7. The largest absolute Gasteiger partial charge is 0.495 e. The van der Waals surface area contributed by atoms with Crippen LogP contribution in [0.25, 0.3) is 11.1 Å². The van der Waals surface area contributed by atoms with Crippen LogP contribution in [0.2, 0.25) is 0 Å². The molecule has 1 aromatic heterocycles. The predicted octanol–water partition coefficient (Wildman–Crippen LogP) is 2.30. The van der Waals surface area contributed by atoms with Crippen LogP contribution in [0.1, 0.15) is 0 Å². The van der Waals surface area contributed by atoms with Crippen LogP contribution in [0, 0.1) is 0 Å². The zero-order valence-corrected chi connectivity index (χ0v) is 16.6. The highest BCUT2D eigenvalue weighted by Gasteiger charge is 2.35. The number of aliphatic hydroxyl groups excluding tert-OH is 1. The first kappa shape index (κ1) is 20.8. The molecule has 31 heavy (non-hydrogen) atoms. The molecule has 2 aliphatic rings. The fraction of sp³-hybridized carbons (Fsp3) is 0.350. The third-order valence-corrected chi connectivity index (χ3v) is 5.03. The first-order valence-corrected chi connectivity index (χ1v) is 9.49. The predicted molar refractivity (Wildman–Crippen MR) is 106 cm³/mol. The number of cyclic esters (lactones) is 2. The minimum Gasteiger partial charge on any atom is -0.495 e. The minimum absolute atomic E-state index is 0.134. The van der Waals surface area contributed by atoms with E-state index >= 15 is 0 Å². The van der Waals surface area contributed by atoms with E-state index < -0.39 is 24.4 Å². The van der Waals surface area contributed by atoms with Gasteiger partial charge < -0.3 is 19.3 Å². The van der Waals surface area contributed by atoms with Gasteiger partial charge in [0.25, 0.3) is 0 Å². The monoisotopic (exact) mass is 433 g/mol. The molecule has 164 valence electrons. The zero-order valence-electron chi connectivity index (χ0n) is 16.6. The van der Waals surface area contributed by atoms with Gasteiger partial charge >= 0.3 is 12.2 Å². The molecule has 2 atom stereocenters. The van der Waals surface area contributed by atoms with Crippen molar-refractivity contribution < 1.29 is 38.4 Å². The Morgan fingerprint density at radius 1 is 1.10 bits per heavy atom. The van der Waals surface area contributed by atoms with Crippen molar-refractivity contribution in [1.29, 1.82) is 0 Å². The SMILES string of the molecule is COc1cc(-c2ccc(N3CC(CO)OC3=O)nc2)ccc1N1CC(COF)OC1=O. The summed E-state index contributed by atoms with van der Waals surface area (Å²) in [7, 11) is 1.48. The Kier molecular flexibility index (Phi) is 5.87. The summed E-state index contributed by atoms with van der Waals surface area (Å²) in [5.41, 5.74) is 2.01. The molecule has 2 aliphatic heterocycles. The Morgan fingerprint density at radius 3 is 2.45 bits per heavy atom. The molecule has 2 unspecified atom stereocenters. The number of ether oxygens (including phenoxy) is 3. The van der Waals surface area contributed by atoms with E-state index in [2.05, 4.69) is 9.93 Å². The van der Waals surface area contributed by atoms with Crippen molar-refractivity contribution in [2.75, 3.05) is 43.2 Å². The molecule has 0 radical (unpaired) electrons. The summed E-state index contributed by atoms with van der Waals surface area (Å²) < 4.78 is 27.6. The molecular weight excluding hydrogens is 413 g/mol. The first-order chi connectivity index (χ1) is 15.0. The minimum atomic E-state index is -0.707. The fourth-order valence-corrected chi connectivity index (χ4v) is 3.48. The van der Waals surface area contributed by atoms with E-state index in [0.29, 0.717) is 17.3 Å². The highest BCUT2D eigenvalue weighted by Crippen LogP contribution is 2.35. The molecule has 3 heterocycles. The van der Waals surface area contributed by atoms with E-state index in [1.165, 1.54) is 16.9 Å². The molecule has 2 aromatic rings. The van der Waals surface area contributed by atoms with Crippen LogP contribution in [-0.2, 0) is 14.4 Å². The summed E-state index contributed by atoms with van der Waals surface area (Å²) in [5, 5.41) is 9.16. The molecule has 0 bridgehead atoms. The first-order valence-electron chi connectivity index (χ1n) is 9.49. The van der Waals surface area contributed by atoms with Crippen molar-refractivity contribution in [2.45, 2.75) is 12.2 Å². The molecule has 10 nitrogen and oxygen atoms in total. The van der Waals surface area contributed by atoms with E-state index in [9.17, 15) is 14.1 Å². The van der Waals surface area contributed by atoms with Gasteiger partial charge in [-0.15, -0.1) is 0 Å². The number of halogens is 1. The van der Waals surface area contributed by atoms with Gasteiger partial charge in [-0.05, 0) is 34.4 Å².